The molecule has 1 aliphatic rings. The van der Waals surface area contributed by atoms with E-state index in [9.17, 15) is 10.2 Å². The lowest BCUT2D eigenvalue weighted by Crippen LogP contribution is -2.53. The van der Waals surface area contributed by atoms with Crippen LogP contribution in [-0.2, 0) is 11.3 Å². The van der Waals surface area contributed by atoms with Crippen molar-refractivity contribution in [1.29, 1.82) is 0 Å². The van der Waals surface area contributed by atoms with Gasteiger partial charge in [0.1, 0.15) is 5.75 Å². The van der Waals surface area contributed by atoms with Gasteiger partial charge in [0, 0.05) is 19.6 Å². The number of ether oxygens (including phenoxy) is 1. The van der Waals surface area contributed by atoms with E-state index in [0.717, 1.165) is 25.2 Å². The fourth-order valence-corrected chi connectivity index (χ4v) is 2.49. The van der Waals surface area contributed by atoms with E-state index in [0.29, 0.717) is 0 Å². The third-order valence-corrected chi connectivity index (χ3v) is 3.10. The van der Waals surface area contributed by atoms with Gasteiger partial charge in [-0.15, -0.1) is 0 Å². The van der Waals surface area contributed by atoms with Crippen molar-refractivity contribution >= 4 is 0 Å². The minimum Gasteiger partial charge on any atom is -0.508 e. The summed E-state index contributed by atoms with van der Waals surface area (Å²) < 4.78 is 5.78. The van der Waals surface area contributed by atoms with Crippen LogP contribution in [0.4, 0.5) is 0 Å². The number of hydrogen-bond acceptors (Lipinski definition) is 4. The maximum atomic E-state index is 9.26. The second kappa shape index (κ2) is 5.26. The first-order chi connectivity index (χ1) is 8.48. The third-order valence-electron chi connectivity index (χ3n) is 3.10. The highest BCUT2D eigenvalue weighted by atomic mass is 16.5. The molecule has 1 aliphatic heterocycles. The van der Waals surface area contributed by atoms with Crippen molar-refractivity contribution in [2.24, 2.45) is 0 Å². The van der Waals surface area contributed by atoms with Crippen molar-refractivity contribution < 1.29 is 14.9 Å². The highest BCUT2D eigenvalue weighted by molar-refractivity contribution is 5.25. The topological polar surface area (TPSA) is 52.9 Å². The maximum absolute atomic E-state index is 9.26. The number of morpholine rings is 1. The van der Waals surface area contributed by atoms with E-state index in [4.69, 9.17) is 4.74 Å². The standard InChI is InChI=1S/C14H21NO3/c1-14(2)10-15(8-13(9-16)18-14)7-11-3-5-12(17)6-4-11/h3-6,13,16-17H,7-10H2,1-2H3. The van der Waals surface area contributed by atoms with Gasteiger partial charge in [0.05, 0.1) is 18.3 Å². The fourth-order valence-electron chi connectivity index (χ4n) is 2.49. The van der Waals surface area contributed by atoms with E-state index in [2.05, 4.69) is 4.90 Å². The van der Waals surface area contributed by atoms with Gasteiger partial charge in [-0.1, -0.05) is 12.1 Å². The van der Waals surface area contributed by atoms with Crippen LogP contribution in [0.5, 0.6) is 5.75 Å². The number of benzene rings is 1. The lowest BCUT2D eigenvalue weighted by molar-refractivity contribution is -0.150. The van der Waals surface area contributed by atoms with E-state index in [1.165, 1.54) is 0 Å². The Morgan fingerprint density at radius 1 is 1.33 bits per heavy atom. The SMILES string of the molecule is CC1(C)CN(Cc2ccc(O)cc2)CC(CO)O1. The van der Waals surface area contributed by atoms with Crippen molar-refractivity contribution in [2.45, 2.75) is 32.1 Å². The predicted octanol–water partition coefficient (Wildman–Crippen LogP) is 1.36. The maximum Gasteiger partial charge on any atom is 0.115 e. The van der Waals surface area contributed by atoms with Gasteiger partial charge in [-0.25, -0.2) is 0 Å². The molecule has 0 bridgehead atoms. The average Bonchev–Trinajstić information content (AvgIpc) is 2.30. The van der Waals surface area contributed by atoms with Gasteiger partial charge < -0.3 is 14.9 Å². The van der Waals surface area contributed by atoms with Crippen LogP contribution >= 0.6 is 0 Å². The first-order valence-corrected chi connectivity index (χ1v) is 6.27. The van der Waals surface area contributed by atoms with Crippen LogP contribution in [0.2, 0.25) is 0 Å². The summed E-state index contributed by atoms with van der Waals surface area (Å²) in [7, 11) is 0. The molecule has 1 aromatic rings. The molecular weight excluding hydrogens is 230 g/mol. The van der Waals surface area contributed by atoms with Crippen molar-refractivity contribution in [2.75, 3.05) is 19.7 Å². The molecule has 1 unspecified atom stereocenters. The van der Waals surface area contributed by atoms with E-state index >= 15 is 0 Å². The van der Waals surface area contributed by atoms with E-state index in [1.807, 2.05) is 26.0 Å². The van der Waals surface area contributed by atoms with Crippen LogP contribution in [0.1, 0.15) is 19.4 Å². The molecular formula is C14H21NO3. The van der Waals surface area contributed by atoms with Crippen LogP contribution in [-0.4, -0.2) is 46.5 Å². The summed E-state index contributed by atoms with van der Waals surface area (Å²) in [4.78, 5) is 2.27. The highest BCUT2D eigenvalue weighted by Gasteiger charge is 2.32. The molecule has 100 valence electrons. The van der Waals surface area contributed by atoms with E-state index < -0.39 is 0 Å². The number of phenols is 1. The second-order valence-electron chi connectivity index (χ2n) is 5.52. The van der Waals surface area contributed by atoms with Gasteiger partial charge >= 0.3 is 0 Å². The fraction of sp³-hybridized carbons (Fsp3) is 0.571. The molecule has 1 heterocycles. The lowest BCUT2D eigenvalue weighted by atomic mass is 10.0. The molecule has 18 heavy (non-hydrogen) atoms. The summed E-state index contributed by atoms with van der Waals surface area (Å²) >= 11 is 0. The minimum atomic E-state index is -0.234. The normalized spacial score (nSPS) is 24.1. The summed E-state index contributed by atoms with van der Waals surface area (Å²) in [6.45, 7) is 6.52. The number of phenolic OH excluding ortho intramolecular Hbond substituents is 1. The molecule has 0 aromatic heterocycles. The van der Waals surface area contributed by atoms with Gasteiger partial charge in [-0.05, 0) is 31.5 Å². The molecule has 1 saturated heterocycles. The quantitative estimate of drug-likeness (QED) is 0.852. The summed E-state index contributed by atoms with van der Waals surface area (Å²) in [5.41, 5.74) is 0.921. The van der Waals surface area contributed by atoms with Crippen LogP contribution in [0.15, 0.2) is 24.3 Å². The zero-order valence-electron chi connectivity index (χ0n) is 11.0. The zero-order chi connectivity index (χ0) is 13.2. The number of aromatic hydroxyl groups is 1. The number of aliphatic hydroxyl groups is 1. The van der Waals surface area contributed by atoms with Gasteiger partial charge in [-0.3, -0.25) is 4.90 Å². The number of aliphatic hydroxyl groups excluding tert-OH is 1. The molecule has 0 radical (unpaired) electrons. The van der Waals surface area contributed by atoms with Crippen LogP contribution in [0, 0.1) is 0 Å². The summed E-state index contributed by atoms with van der Waals surface area (Å²) in [5, 5.41) is 18.5. The monoisotopic (exact) mass is 251 g/mol. The summed E-state index contributed by atoms with van der Waals surface area (Å²) in [6, 6.07) is 7.24. The second-order valence-corrected chi connectivity index (χ2v) is 5.52. The van der Waals surface area contributed by atoms with Crippen LogP contribution < -0.4 is 0 Å². The van der Waals surface area contributed by atoms with Gasteiger partial charge in [-0.2, -0.15) is 0 Å². The average molecular weight is 251 g/mol. The Labute approximate surface area is 108 Å². The molecule has 1 atom stereocenters. The molecule has 0 spiro atoms. The van der Waals surface area contributed by atoms with Gasteiger partial charge in [0.25, 0.3) is 0 Å². The Morgan fingerprint density at radius 2 is 2.00 bits per heavy atom. The number of rotatable bonds is 3. The molecule has 4 heteroatoms. The van der Waals surface area contributed by atoms with E-state index in [1.54, 1.807) is 12.1 Å². The lowest BCUT2D eigenvalue weighted by Gasteiger charge is -2.42. The van der Waals surface area contributed by atoms with E-state index in [-0.39, 0.29) is 24.1 Å². The molecule has 0 amide bonds. The summed E-state index contributed by atoms with van der Waals surface area (Å²) in [6.07, 6.45) is -0.120. The molecule has 1 fully saturated rings. The van der Waals surface area contributed by atoms with Crippen LogP contribution in [0.25, 0.3) is 0 Å². The highest BCUT2D eigenvalue weighted by Crippen LogP contribution is 2.22. The minimum absolute atomic E-state index is 0.0511. The Balaban J connectivity index is 2.02. The molecule has 4 nitrogen and oxygen atoms in total. The van der Waals surface area contributed by atoms with Crippen molar-refractivity contribution in [1.82, 2.24) is 4.90 Å². The Hall–Kier alpha value is -1.10. The summed E-state index contributed by atoms with van der Waals surface area (Å²) in [5.74, 6) is 0.286. The Kier molecular flexibility index (Phi) is 3.90. The smallest absolute Gasteiger partial charge is 0.115 e. The molecule has 2 N–H and O–H groups in total. The molecule has 1 aromatic carbocycles. The number of hydrogen-bond donors (Lipinski definition) is 2. The first-order valence-electron chi connectivity index (χ1n) is 6.27. The predicted molar refractivity (Wildman–Crippen MR) is 69.4 cm³/mol. The first kappa shape index (κ1) is 13.3. The number of nitrogens with zero attached hydrogens (tertiary/aromatic N) is 1. The van der Waals surface area contributed by atoms with Crippen LogP contribution in [0.3, 0.4) is 0 Å². The van der Waals surface area contributed by atoms with Crippen molar-refractivity contribution in [3.8, 4) is 5.75 Å². The zero-order valence-corrected chi connectivity index (χ0v) is 11.0. The van der Waals surface area contributed by atoms with Gasteiger partial charge in [0.2, 0.25) is 0 Å². The Morgan fingerprint density at radius 3 is 2.61 bits per heavy atom. The Bertz CT molecular complexity index is 389. The molecule has 0 saturated carbocycles. The molecule has 2 rings (SSSR count). The van der Waals surface area contributed by atoms with Crippen molar-refractivity contribution in [3.05, 3.63) is 29.8 Å². The molecule has 0 aliphatic carbocycles. The third kappa shape index (κ3) is 3.45. The largest absolute Gasteiger partial charge is 0.508 e. The van der Waals surface area contributed by atoms with Gasteiger partial charge in [0.15, 0.2) is 0 Å². The van der Waals surface area contributed by atoms with Crippen molar-refractivity contribution in [3.63, 3.8) is 0 Å².